The number of hydrogen-bond donors (Lipinski definition) is 0. The lowest BCUT2D eigenvalue weighted by Gasteiger charge is -2.25. The first-order chi connectivity index (χ1) is 14.5. The molecule has 0 aromatic heterocycles. The molecule has 2 aliphatic heterocycles. The van der Waals surface area contributed by atoms with E-state index in [0.29, 0.717) is 24.4 Å². The number of nitrogens with zero attached hydrogens (tertiary/aromatic N) is 3. The van der Waals surface area contributed by atoms with Crippen LogP contribution >= 0.6 is 0 Å². The van der Waals surface area contributed by atoms with Crippen LogP contribution in [0.5, 0.6) is 0 Å². The number of benzene rings is 2. The fourth-order valence-electron chi connectivity index (χ4n) is 4.66. The summed E-state index contributed by atoms with van der Waals surface area (Å²) in [5.41, 5.74) is 2.93. The lowest BCUT2D eigenvalue weighted by atomic mass is 10.0. The summed E-state index contributed by atoms with van der Waals surface area (Å²) in [4.78, 5) is 31.7. The predicted molar refractivity (Wildman–Crippen MR) is 119 cm³/mol. The van der Waals surface area contributed by atoms with Crippen molar-refractivity contribution in [3.05, 3.63) is 60.2 Å². The Morgan fingerprint density at radius 2 is 1.63 bits per heavy atom. The Kier molecular flexibility index (Phi) is 6.18. The summed E-state index contributed by atoms with van der Waals surface area (Å²) in [6.07, 6.45) is 2.59. The molecule has 5 heteroatoms. The zero-order chi connectivity index (χ0) is 21.1. The average molecular weight is 406 g/mol. The number of amides is 2. The number of likely N-dealkylation sites (tertiary alicyclic amines) is 2. The zero-order valence-electron chi connectivity index (χ0n) is 18.0. The molecule has 2 aromatic rings. The SMILES string of the molecule is CN1CCC(CC(=O)N2CC[C@H](N(C)C(=O)c3ccc(-c4ccccc4)cc3)C2)C1. The van der Waals surface area contributed by atoms with Crippen LogP contribution in [0.15, 0.2) is 54.6 Å². The maximum Gasteiger partial charge on any atom is 0.253 e. The van der Waals surface area contributed by atoms with Crippen molar-refractivity contribution in [3.63, 3.8) is 0 Å². The van der Waals surface area contributed by atoms with Gasteiger partial charge in [0.15, 0.2) is 0 Å². The van der Waals surface area contributed by atoms with Gasteiger partial charge < -0.3 is 14.7 Å². The number of carbonyl (C=O) groups excluding carboxylic acids is 2. The van der Waals surface area contributed by atoms with Gasteiger partial charge in [-0.05, 0) is 55.6 Å². The molecule has 2 aromatic carbocycles. The van der Waals surface area contributed by atoms with Crippen molar-refractivity contribution in [2.75, 3.05) is 40.3 Å². The summed E-state index contributed by atoms with van der Waals surface area (Å²) in [5, 5.41) is 0. The molecular formula is C25H31N3O2. The van der Waals surface area contributed by atoms with Gasteiger partial charge in [-0.25, -0.2) is 0 Å². The van der Waals surface area contributed by atoms with E-state index in [0.717, 1.165) is 43.6 Å². The summed E-state index contributed by atoms with van der Waals surface area (Å²) >= 11 is 0. The smallest absolute Gasteiger partial charge is 0.253 e. The van der Waals surface area contributed by atoms with Crippen LogP contribution in [0.25, 0.3) is 11.1 Å². The molecular weight excluding hydrogens is 374 g/mol. The van der Waals surface area contributed by atoms with Crippen molar-refractivity contribution in [2.24, 2.45) is 5.92 Å². The van der Waals surface area contributed by atoms with Crippen LogP contribution in [-0.2, 0) is 4.79 Å². The van der Waals surface area contributed by atoms with Crippen molar-refractivity contribution in [1.29, 1.82) is 0 Å². The zero-order valence-corrected chi connectivity index (χ0v) is 18.0. The molecule has 0 N–H and O–H groups in total. The minimum absolute atomic E-state index is 0.0197. The van der Waals surface area contributed by atoms with Crippen molar-refractivity contribution in [1.82, 2.24) is 14.7 Å². The van der Waals surface area contributed by atoms with Crippen molar-refractivity contribution in [2.45, 2.75) is 25.3 Å². The van der Waals surface area contributed by atoms with Gasteiger partial charge >= 0.3 is 0 Å². The van der Waals surface area contributed by atoms with Crippen LogP contribution in [0.2, 0.25) is 0 Å². The van der Waals surface area contributed by atoms with Crippen LogP contribution in [0.3, 0.4) is 0 Å². The topological polar surface area (TPSA) is 43.9 Å². The second kappa shape index (κ2) is 9.00. The fourth-order valence-corrected chi connectivity index (χ4v) is 4.66. The number of rotatable bonds is 5. The molecule has 2 saturated heterocycles. The molecule has 4 rings (SSSR count). The molecule has 2 fully saturated rings. The average Bonchev–Trinajstić information content (AvgIpc) is 3.43. The summed E-state index contributed by atoms with van der Waals surface area (Å²) in [5.74, 6) is 0.737. The van der Waals surface area contributed by atoms with Gasteiger partial charge in [-0.1, -0.05) is 42.5 Å². The number of likely N-dealkylation sites (N-methyl/N-ethyl adjacent to an activating group) is 1. The largest absolute Gasteiger partial charge is 0.341 e. The third-order valence-corrected chi connectivity index (χ3v) is 6.58. The van der Waals surface area contributed by atoms with Gasteiger partial charge in [0.2, 0.25) is 5.91 Å². The molecule has 0 saturated carbocycles. The van der Waals surface area contributed by atoms with E-state index in [4.69, 9.17) is 0 Å². The summed E-state index contributed by atoms with van der Waals surface area (Å²) in [6.45, 7) is 3.49. The van der Waals surface area contributed by atoms with E-state index < -0.39 is 0 Å². The van der Waals surface area contributed by atoms with Crippen LogP contribution in [0.4, 0.5) is 0 Å². The standard InChI is InChI=1S/C25H31N3O2/c1-26-14-12-19(17-26)16-24(29)28-15-13-23(18-28)27(2)25(30)22-10-8-21(9-11-22)20-6-4-3-5-7-20/h3-11,19,23H,12-18H2,1-2H3/t19?,23-/m0/s1. The van der Waals surface area contributed by atoms with Crippen LogP contribution in [0.1, 0.15) is 29.6 Å². The molecule has 30 heavy (non-hydrogen) atoms. The summed E-state index contributed by atoms with van der Waals surface area (Å²) in [6, 6.07) is 18.0. The molecule has 2 atom stereocenters. The Hall–Kier alpha value is -2.66. The van der Waals surface area contributed by atoms with Crippen molar-refractivity contribution in [3.8, 4) is 11.1 Å². The van der Waals surface area contributed by atoms with Gasteiger partial charge in [0, 0.05) is 38.7 Å². The van der Waals surface area contributed by atoms with Gasteiger partial charge in [0.05, 0.1) is 6.04 Å². The van der Waals surface area contributed by atoms with Crippen molar-refractivity contribution >= 4 is 11.8 Å². The summed E-state index contributed by atoms with van der Waals surface area (Å²) < 4.78 is 0. The van der Waals surface area contributed by atoms with Gasteiger partial charge in [-0.15, -0.1) is 0 Å². The minimum atomic E-state index is 0.0197. The molecule has 158 valence electrons. The molecule has 1 unspecified atom stereocenters. The third kappa shape index (κ3) is 4.57. The van der Waals surface area contributed by atoms with Gasteiger partial charge in [0.25, 0.3) is 5.91 Å². The number of hydrogen-bond acceptors (Lipinski definition) is 3. The molecule has 2 aliphatic rings. The van der Waals surface area contributed by atoms with Gasteiger partial charge in [-0.3, -0.25) is 9.59 Å². The molecule has 5 nitrogen and oxygen atoms in total. The highest BCUT2D eigenvalue weighted by Gasteiger charge is 2.33. The molecule has 0 bridgehead atoms. The second-order valence-electron chi connectivity index (χ2n) is 8.76. The van der Waals surface area contributed by atoms with E-state index >= 15 is 0 Å². The second-order valence-corrected chi connectivity index (χ2v) is 8.76. The normalized spacial score (nSPS) is 21.7. The molecule has 0 spiro atoms. The van der Waals surface area contributed by atoms with E-state index in [9.17, 15) is 9.59 Å². The molecule has 0 radical (unpaired) electrons. The Morgan fingerprint density at radius 1 is 0.933 bits per heavy atom. The van der Waals surface area contributed by atoms with Crippen molar-refractivity contribution < 1.29 is 9.59 Å². The third-order valence-electron chi connectivity index (χ3n) is 6.58. The lowest BCUT2D eigenvalue weighted by molar-refractivity contribution is -0.131. The van der Waals surface area contributed by atoms with Crippen LogP contribution in [-0.4, -0.2) is 72.8 Å². The monoisotopic (exact) mass is 405 g/mol. The van der Waals surface area contributed by atoms with Gasteiger partial charge in [0.1, 0.15) is 0 Å². The Balaban J connectivity index is 1.33. The molecule has 0 aliphatic carbocycles. The highest BCUT2D eigenvalue weighted by atomic mass is 16.2. The highest BCUT2D eigenvalue weighted by molar-refractivity contribution is 5.95. The Bertz CT molecular complexity index is 881. The van der Waals surface area contributed by atoms with E-state index in [1.54, 1.807) is 0 Å². The maximum absolute atomic E-state index is 13.0. The maximum atomic E-state index is 13.0. The van der Waals surface area contributed by atoms with E-state index in [2.05, 4.69) is 24.1 Å². The van der Waals surface area contributed by atoms with E-state index in [1.165, 1.54) is 0 Å². The molecule has 2 heterocycles. The first-order valence-electron chi connectivity index (χ1n) is 10.9. The van der Waals surface area contributed by atoms with E-state index in [-0.39, 0.29) is 17.9 Å². The predicted octanol–water partition coefficient (Wildman–Crippen LogP) is 3.37. The Morgan fingerprint density at radius 3 is 2.30 bits per heavy atom. The number of carbonyl (C=O) groups is 2. The van der Waals surface area contributed by atoms with Gasteiger partial charge in [-0.2, -0.15) is 0 Å². The first kappa shape index (κ1) is 20.6. The minimum Gasteiger partial charge on any atom is -0.341 e. The van der Waals surface area contributed by atoms with Crippen LogP contribution < -0.4 is 0 Å². The van der Waals surface area contributed by atoms with Crippen LogP contribution in [0, 0.1) is 5.92 Å². The first-order valence-corrected chi connectivity index (χ1v) is 10.9. The summed E-state index contributed by atoms with van der Waals surface area (Å²) in [7, 11) is 3.97. The fraction of sp³-hybridized carbons (Fsp3) is 0.440. The Labute approximate surface area is 179 Å². The van der Waals surface area contributed by atoms with E-state index in [1.807, 2.05) is 59.3 Å². The highest BCUT2D eigenvalue weighted by Crippen LogP contribution is 2.24. The molecule has 2 amide bonds. The quantitative estimate of drug-likeness (QED) is 0.766. The lowest BCUT2D eigenvalue weighted by Crippen LogP contribution is -2.40.